The lowest BCUT2D eigenvalue weighted by Crippen LogP contribution is -2.34. The van der Waals surface area contributed by atoms with Gasteiger partial charge in [-0.05, 0) is 91.0 Å². The second-order valence-electron chi connectivity index (χ2n) is 13.8. The zero-order valence-electron chi connectivity index (χ0n) is 34.7. The summed E-state index contributed by atoms with van der Waals surface area (Å²) in [7, 11) is 5.27. The zero-order chi connectivity index (χ0) is 46.5. The van der Waals surface area contributed by atoms with Crippen molar-refractivity contribution in [3.63, 3.8) is 0 Å². The van der Waals surface area contributed by atoms with Gasteiger partial charge < -0.3 is 61.1 Å². The van der Waals surface area contributed by atoms with E-state index in [1.54, 1.807) is 60.7 Å². The molecule has 0 unspecified atom stereocenters. The fourth-order valence-corrected chi connectivity index (χ4v) is 6.31. The summed E-state index contributed by atoms with van der Waals surface area (Å²) in [6.45, 7) is 2.85. The predicted molar refractivity (Wildman–Crippen MR) is 241 cm³/mol. The minimum absolute atomic E-state index is 0.0247. The number of carboxylic acids is 1. The van der Waals surface area contributed by atoms with Crippen LogP contribution in [0, 0.1) is 0 Å². The lowest BCUT2D eigenvalue weighted by atomic mass is 10.1. The number of rotatable bonds is 5. The number of carboxylic acid groups (broad SMARTS) is 1. The van der Waals surface area contributed by atoms with Gasteiger partial charge in [0.15, 0.2) is 6.61 Å². The molecule has 5 aromatic rings. The normalized spacial score (nSPS) is 12.8. The summed E-state index contributed by atoms with van der Waals surface area (Å²) in [6, 6.07) is 25.4. The van der Waals surface area contributed by atoms with Crippen molar-refractivity contribution < 1.29 is 57.9 Å². The van der Waals surface area contributed by atoms with Crippen molar-refractivity contribution in [2.45, 2.75) is 0 Å². The van der Waals surface area contributed by atoms with Gasteiger partial charge in [0, 0.05) is 35.4 Å². The number of aromatic hydroxyl groups is 1. The van der Waals surface area contributed by atoms with Gasteiger partial charge >= 0.3 is 18.0 Å². The van der Waals surface area contributed by atoms with E-state index in [4.69, 9.17) is 35.9 Å². The van der Waals surface area contributed by atoms with E-state index in [0.717, 1.165) is 40.8 Å². The molecule has 9 N–H and O–H groups in total. The van der Waals surface area contributed by atoms with Crippen LogP contribution in [0.15, 0.2) is 102 Å². The molecule has 19 nitrogen and oxygen atoms in total. The number of urea groups is 1. The van der Waals surface area contributed by atoms with Gasteiger partial charge in [-0.2, -0.15) is 0 Å². The molecule has 5 amide bonds. The van der Waals surface area contributed by atoms with Crippen molar-refractivity contribution in [2.24, 2.45) is 5.73 Å². The summed E-state index contributed by atoms with van der Waals surface area (Å²) in [5.74, 6) is -0.972. The number of nitrogen functional groups attached to an aromatic ring is 1. The van der Waals surface area contributed by atoms with E-state index in [9.17, 15) is 28.8 Å². The number of hydrogen-bond acceptors (Lipinski definition) is 14. The van der Waals surface area contributed by atoms with Gasteiger partial charge in [0.2, 0.25) is 5.91 Å². The minimum atomic E-state index is -1.08. The topological polar surface area (TPSA) is 274 Å². The molecule has 0 fully saturated rings. The monoisotopic (exact) mass is 941 g/mol. The molecule has 20 heteroatoms. The molecule has 0 saturated heterocycles. The van der Waals surface area contributed by atoms with Crippen molar-refractivity contribution in [1.29, 1.82) is 0 Å². The van der Waals surface area contributed by atoms with Crippen LogP contribution in [0.4, 0.5) is 33.2 Å². The lowest BCUT2D eigenvalue weighted by Gasteiger charge is -2.27. The SMILES string of the molecule is CN1CCOc2cc(C(=O)NC(=O)Nc3cccc(Br)c3)ccc21.CN1CCOc2cc(C(N)=O)ccc21.COC(=O)c1ccc2c(c1)OCC(=O)N2.Nc1ccc(C(=O)O)cc1O. The van der Waals surface area contributed by atoms with E-state index >= 15 is 0 Å². The molecule has 3 aliphatic rings. The number of ether oxygens (including phenoxy) is 4. The second-order valence-corrected chi connectivity index (χ2v) is 14.7. The highest BCUT2D eigenvalue weighted by atomic mass is 79.9. The third kappa shape index (κ3) is 12.8. The number of primary amides is 1. The summed E-state index contributed by atoms with van der Waals surface area (Å²) < 4.78 is 21.6. The minimum Gasteiger partial charge on any atom is -0.506 e. The Balaban J connectivity index is 0.000000168. The van der Waals surface area contributed by atoms with E-state index in [1.165, 1.54) is 19.2 Å². The van der Waals surface area contributed by atoms with Crippen molar-refractivity contribution in [2.75, 3.05) is 80.3 Å². The number of aromatic carboxylic acids is 1. The van der Waals surface area contributed by atoms with E-state index in [-0.39, 0.29) is 29.5 Å². The van der Waals surface area contributed by atoms with Crippen LogP contribution >= 0.6 is 15.9 Å². The predicted octanol–water partition coefficient (Wildman–Crippen LogP) is 5.33. The van der Waals surface area contributed by atoms with Crippen LogP contribution in [-0.4, -0.2) is 100 Å². The number of imide groups is 1. The fraction of sp³-hybridized carbons (Fsp3) is 0.182. The molecule has 0 radical (unpaired) electrons. The zero-order valence-corrected chi connectivity index (χ0v) is 36.3. The number of esters is 1. The number of likely N-dealkylation sites (N-methyl/N-ethyl adjacent to an activating group) is 2. The van der Waals surface area contributed by atoms with Crippen LogP contribution in [0.25, 0.3) is 0 Å². The van der Waals surface area contributed by atoms with E-state index in [2.05, 4.69) is 46.4 Å². The summed E-state index contributed by atoms with van der Waals surface area (Å²) in [5.41, 5.74) is 15.0. The first-order chi connectivity index (χ1) is 30.5. The number of phenolic OH excluding ortho intramolecular Hbond substituents is 1. The second kappa shape index (κ2) is 21.7. The molecule has 0 aromatic heterocycles. The van der Waals surface area contributed by atoms with Crippen molar-refractivity contribution in [3.8, 4) is 23.0 Å². The Kier molecular flexibility index (Phi) is 15.9. The molecule has 0 bridgehead atoms. The Morgan fingerprint density at radius 3 is 1.95 bits per heavy atom. The Bertz CT molecular complexity index is 2570. The molecular weight excluding hydrogens is 898 g/mol. The molecule has 0 spiro atoms. The average molecular weight is 943 g/mol. The molecule has 334 valence electrons. The Hall–Kier alpha value is -8.00. The van der Waals surface area contributed by atoms with Gasteiger partial charge in [-0.3, -0.25) is 19.7 Å². The number of hydrogen-bond donors (Lipinski definition) is 7. The molecular formula is C44H44BrN7O12. The van der Waals surface area contributed by atoms with Crippen LogP contribution in [0.1, 0.15) is 41.4 Å². The van der Waals surface area contributed by atoms with Crippen LogP contribution in [0.2, 0.25) is 0 Å². The highest BCUT2D eigenvalue weighted by Crippen LogP contribution is 2.33. The van der Waals surface area contributed by atoms with Crippen molar-refractivity contribution in [3.05, 3.63) is 124 Å². The van der Waals surface area contributed by atoms with E-state index in [0.29, 0.717) is 52.8 Å². The number of benzene rings is 5. The first-order valence-electron chi connectivity index (χ1n) is 19.1. The number of carbonyl (C=O) groups excluding carboxylic acids is 5. The van der Waals surface area contributed by atoms with Gasteiger partial charge in [0.25, 0.3) is 11.8 Å². The molecule has 0 atom stereocenters. The van der Waals surface area contributed by atoms with Gasteiger partial charge in [0.1, 0.15) is 36.2 Å². The Morgan fingerprint density at radius 2 is 1.36 bits per heavy atom. The highest BCUT2D eigenvalue weighted by Gasteiger charge is 2.20. The maximum Gasteiger partial charge on any atom is 0.337 e. The van der Waals surface area contributed by atoms with E-state index < -0.39 is 29.8 Å². The average Bonchev–Trinajstić information content (AvgIpc) is 3.27. The van der Waals surface area contributed by atoms with Crippen LogP contribution in [-0.2, 0) is 9.53 Å². The summed E-state index contributed by atoms with van der Waals surface area (Å²) in [6.07, 6.45) is 0. The van der Waals surface area contributed by atoms with E-state index in [1.807, 2.05) is 32.3 Å². The van der Waals surface area contributed by atoms with Crippen LogP contribution in [0.3, 0.4) is 0 Å². The summed E-state index contributed by atoms with van der Waals surface area (Å²) in [4.78, 5) is 71.7. The van der Waals surface area contributed by atoms with Gasteiger partial charge in [-0.25, -0.2) is 14.4 Å². The number of fused-ring (bicyclic) bond motifs is 3. The fourth-order valence-electron chi connectivity index (χ4n) is 5.91. The van der Waals surface area contributed by atoms with Gasteiger partial charge in [-0.15, -0.1) is 0 Å². The number of nitrogens with one attached hydrogen (secondary N) is 3. The van der Waals surface area contributed by atoms with Crippen LogP contribution < -0.4 is 51.4 Å². The van der Waals surface area contributed by atoms with Gasteiger partial charge in [0.05, 0.1) is 54.1 Å². The molecule has 3 aliphatic heterocycles. The number of carbonyl (C=O) groups is 6. The third-order valence-electron chi connectivity index (χ3n) is 9.28. The first-order valence-corrected chi connectivity index (χ1v) is 19.9. The van der Waals surface area contributed by atoms with Crippen molar-refractivity contribution >= 4 is 80.1 Å². The standard InChI is InChI=1S/C17H16BrN3O3.C10H12N2O2.C10H9NO4.C7H7NO3/c1-21-7-8-24-15-9-11(5-6-14(15)21)16(22)20-17(23)19-13-4-2-3-12(18)10-13;1-12-4-5-14-9-6-7(10(11)13)2-3-8(9)12;1-14-10(13)6-2-3-7-8(4-6)15-5-9(12)11-7;8-5-2-1-4(7(10)11)3-6(5)9/h2-6,9-10H,7-8H2,1H3,(H2,19,20,22,23);2-3,6H,4-5H2,1H3,(H2,11,13);2-4H,5H2,1H3,(H,11,12);1-3,9H,8H2,(H,10,11). The Morgan fingerprint density at radius 1 is 0.766 bits per heavy atom. The highest BCUT2D eigenvalue weighted by molar-refractivity contribution is 9.10. The molecule has 5 aromatic carbocycles. The van der Waals surface area contributed by atoms with Gasteiger partial charge in [-0.1, -0.05) is 22.0 Å². The number of nitrogens with two attached hydrogens (primary N) is 2. The summed E-state index contributed by atoms with van der Waals surface area (Å²) >= 11 is 3.32. The van der Waals surface area contributed by atoms with Crippen LogP contribution in [0.5, 0.6) is 23.0 Å². The Labute approximate surface area is 374 Å². The number of halogens is 1. The quantitative estimate of drug-likeness (QED) is 0.0667. The number of anilines is 5. The molecule has 64 heavy (non-hydrogen) atoms. The maximum absolute atomic E-state index is 12.2. The number of amides is 5. The maximum atomic E-state index is 12.2. The smallest absolute Gasteiger partial charge is 0.337 e. The number of methoxy groups -OCH3 is 1. The number of nitrogens with zero attached hydrogens (tertiary/aromatic N) is 2. The molecule has 0 saturated carbocycles. The third-order valence-corrected chi connectivity index (χ3v) is 9.77. The molecule has 3 heterocycles. The first kappa shape index (κ1) is 47.1. The molecule has 8 rings (SSSR count). The largest absolute Gasteiger partial charge is 0.506 e. The summed E-state index contributed by atoms with van der Waals surface area (Å²) in [5, 5.41) is 25.0. The number of phenols is 1. The molecule has 0 aliphatic carbocycles. The van der Waals surface area contributed by atoms with Crippen molar-refractivity contribution in [1.82, 2.24) is 5.32 Å². The lowest BCUT2D eigenvalue weighted by molar-refractivity contribution is -0.118.